The van der Waals surface area contributed by atoms with Gasteiger partial charge in [-0.2, -0.15) is 0 Å². The Hall–Kier alpha value is -5.43. The number of hydrogen-bond donors (Lipinski definition) is 2. The first-order chi connectivity index (χ1) is 26.2. The Morgan fingerprint density at radius 2 is 1.69 bits per heavy atom. The molecule has 288 valence electrons. The van der Waals surface area contributed by atoms with Gasteiger partial charge in [-0.25, -0.2) is 18.2 Å². The predicted molar refractivity (Wildman–Crippen MR) is 208 cm³/mol. The number of hydrogen-bond acceptors (Lipinski definition) is 9. The van der Waals surface area contributed by atoms with E-state index in [9.17, 15) is 22.8 Å². The number of aromatic nitrogens is 1. The minimum atomic E-state index is -4.11. The fourth-order valence-corrected chi connectivity index (χ4v) is 8.94. The van der Waals surface area contributed by atoms with E-state index < -0.39 is 61.9 Å². The number of pyridine rings is 1. The highest BCUT2D eigenvalue weighted by Gasteiger charge is 2.63. The summed E-state index contributed by atoms with van der Waals surface area (Å²) in [6, 6.07) is 25.1. The first kappa shape index (κ1) is 37.9. The van der Waals surface area contributed by atoms with Crippen LogP contribution in [0.1, 0.15) is 52.0 Å². The first-order valence-electron chi connectivity index (χ1n) is 18.4. The molecule has 3 aromatic carbocycles. The maximum Gasteiger partial charge on any atom is 0.411 e. The lowest BCUT2D eigenvalue weighted by atomic mass is 10.1. The number of rotatable bonds is 12. The van der Waals surface area contributed by atoms with Crippen LogP contribution in [0.4, 0.5) is 4.79 Å². The summed E-state index contributed by atoms with van der Waals surface area (Å²) in [4.78, 5) is 48.0. The molecule has 4 aromatic rings. The molecule has 2 heterocycles. The fraction of sp³-hybridized carbons (Fsp3) is 0.381. The summed E-state index contributed by atoms with van der Waals surface area (Å²) in [5.74, 6) is -0.852. The third-order valence-corrected chi connectivity index (χ3v) is 12.7. The predicted octanol–water partition coefficient (Wildman–Crippen LogP) is 5.95. The van der Waals surface area contributed by atoms with Gasteiger partial charge in [0, 0.05) is 35.4 Å². The Morgan fingerprint density at radius 1 is 1.00 bits per heavy atom. The highest BCUT2D eigenvalue weighted by atomic mass is 32.2. The summed E-state index contributed by atoms with van der Waals surface area (Å²) in [7, 11) is -2.53. The second kappa shape index (κ2) is 14.3. The number of likely N-dealkylation sites (tertiary alicyclic amines) is 1. The summed E-state index contributed by atoms with van der Waals surface area (Å²) in [6.45, 7) is 9.03. The van der Waals surface area contributed by atoms with Crippen LogP contribution in [-0.2, 0) is 30.8 Å². The van der Waals surface area contributed by atoms with Gasteiger partial charge in [0.15, 0.2) is 0 Å². The summed E-state index contributed by atoms with van der Waals surface area (Å²) < 4.78 is 46.4. The van der Waals surface area contributed by atoms with Crippen molar-refractivity contribution in [1.29, 1.82) is 0 Å². The van der Waals surface area contributed by atoms with Crippen molar-refractivity contribution in [3.63, 3.8) is 0 Å². The Balaban J connectivity index is 1.14. The van der Waals surface area contributed by atoms with Crippen LogP contribution in [0.25, 0.3) is 22.2 Å². The van der Waals surface area contributed by atoms with E-state index in [-0.39, 0.29) is 25.8 Å². The molecule has 1 aromatic heterocycles. The summed E-state index contributed by atoms with van der Waals surface area (Å²) in [5.41, 5.74) is 0.605. The van der Waals surface area contributed by atoms with Crippen LogP contribution < -0.4 is 19.5 Å². The van der Waals surface area contributed by atoms with Gasteiger partial charge < -0.3 is 19.5 Å². The van der Waals surface area contributed by atoms with Crippen LogP contribution in [0.2, 0.25) is 0 Å². The third kappa shape index (κ3) is 7.75. The average molecular weight is 767 g/mol. The number of fused-ring (bicyclic) bond motifs is 1. The van der Waals surface area contributed by atoms with Crippen molar-refractivity contribution < 1.29 is 37.0 Å². The van der Waals surface area contributed by atoms with E-state index in [1.165, 1.54) is 11.0 Å². The normalized spacial score (nSPS) is 22.7. The minimum Gasteiger partial charge on any atom is -0.497 e. The van der Waals surface area contributed by atoms with Gasteiger partial charge in [0.25, 0.3) is 5.91 Å². The molecule has 55 heavy (non-hydrogen) atoms. The quantitative estimate of drug-likeness (QED) is 0.167. The van der Waals surface area contributed by atoms with Crippen LogP contribution in [0.5, 0.6) is 11.5 Å². The number of benzene rings is 3. The molecule has 0 spiro atoms. The van der Waals surface area contributed by atoms with Gasteiger partial charge in [-0.3, -0.25) is 19.2 Å². The number of ether oxygens (including phenoxy) is 3. The van der Waals surface area contributed by atoms with Crippen LogP contribution >= 0.6 is 0 Å². The van der Waals surface area contributed by atoms with Crippen molar-refractivity contribution in [2.75, 3.05) is 13.7 Å². The van der Waals surface area contributed by atoms with Gasteiger partial charge in [0.2, 0.25) is 15.9 Å². The molecule has 0 radical (unpaired) electrons. The van der Waals surface area contributed by atoms with Crippen LogP contribution in [0.15, 0.2) is 97.6 Å². The van der Waals surface area contributed by atoms with Crippen molar-refractivity contribution in [2.24, 2.45) is 5.92 Å². The monoisotopic (exact) mass is 766 g/mol. The van der Waals surface area contributed by atoms with Crippen molar-refractivity contribution in [3.8, 4) is 22.8 Å². The van der Waals surface area contributed by atoms with Crippen molar-refractivity contribution >= 4 is 38.8 Å². The van der Waals surface area contributed by atoms with Crippen LogP contribution in [-0.4, -0.2) is 77.9 Å². The average Bonchev–Trinajstić information content (AvgIpc) is 4.06. The van der Waals surface area contributed by atoms with E-state index in [0.29, 0.717) is 40.9 Å². The van der Waals surface area contributed by atoms with E-state index in [1.54, 1.807) is 33.9 Å². The largest absolute Gasteiger partial charge is 0.497 e. The number of methoxy groups -OCH3 is 1. The van der Waals surface area contributed by atoms with Crippen molar-refractivity contribution in [1.82, 2.24) is 19.9 Å². The lowest BCUT2D eigenvalue weighted by molar-refractivity contribution is -0.131. The Kier molecular flexibility index (Phi) is 9.87. The van der Waals surface area contributed by atoms with E-state index in [1.807, 2.05) is 78.9 Å². The molecular weight excluding hydrogens is 721 g/mol. The van der Waals surface area contributed by atoms with Gasteiger partial charge >= 0.3 is 6.09 Å². The molecule has 2 N–H and O–H groups in total. The molecule has 12 nitrogen and oxygen atoms in total. The van der Waals surface area contributed by atoms with Gasteiger partial charge in [-0.1, -0.05) is 66.7 Å². The van der Waals surface area contributed by atoms with Gasteiger partial charge in [0.1, 0.15) is 34.8 Å². The third-order valence-electron chi connectivity index (χ3n) is 10.6. The summed E-state index contributed by atoms with van der Waals surface area (Å²) >= 11 is 0. The number of carbonyl (C=O) groups excluding carboxylic acids is 3. The maximum absolute atomic E-state index is 14.3. The first-order valence-corrected chi connectivity index (χ1v) is 19.9. The van der Waals surface area contributed by atoms with Gasteiger partial charge in [-0.05, 0) is 64.2 Å². The molecular formula is C42H46N4O8S. The molecule has 13 heteroatoms. The van der Waals surface area contributed by atoms with Gasteiger partial charge in [0.05, 0.1) is 29.6 Å². The molecule has 3 amide bonds. The molecule has 1 saturated heterocycles. The number of amides is 3. The fourth-order valence-electron chi connectivity index (χ4n) is 7.30. The van der Waals surface area contributed by atoms with Crippen molar-refractivity contribution in [2.45, 2.75) is 80.9 Å². The second-order valence-electron chi connectivity index (χ2n) is 15.7. The summed E-state index contributed by atoms with van der Waals surface area (Å²) in [5, 5.41) is 3.55. The Bertz CT molecular complexity index is 2240. The number of sulfonamides is 1. The highest BCUT2D eigenvalue weighted by molar-refractivity contribution is 7.91. The van der Waals surface area contributed by atoms with Crippen molar-refractivity contribution in [3.05, 3.63) is 103 Å². The molecule has 1 aliphatic heterocycles. The number of nitrogens with zero attached hydrogens (tertiary/aromatic N) is 2. The van der Waals surface area contributed by atoms with Crippen LogP contribution in [0, 0.1) is 5.92 Å². The number of carbonyl (C=O) groups is 3. The van der Waals surface area contributed by atoms with Gasteiger partial charge in [-0.15, -0.1) is 6.58 Å². The number of nitrogens with one attached hydrogen (secondary N) is 2. The minimum absolute atomic E-state index is 0.00805. The Labute approximate surface area is 321 Å². The molecule has 2 aliphatic carbocycles. The summed E-state index contributed by atoms with van der Waals surface area (Å²) in [6.07, 6.45) is 1.47. The molecule has 7 rings (SSSR count). The molecule has 0 unspecified atom stereocenters. The van der Waals surface area contributed by atoms with Crippen LogP contribution in [0.3, 0.4) is 0 Å². The SMILES string of the molecule is C=C[C@@H]1C[C@]1(NC(=O)[C@@H]1C[C@@H](Oc2cc(-c3ccccc3)nc3cc(OC)ccc23)CN1C(=O)OC(C)(C)C)C(=O)NS(=O)(=O)C1(Cc2ccccc2)CC1. The molecule has 0 bridgehead atoms. The molecule has 3 aliphatic rings. The smallest absolute Gasteiger partial charge is 0.411 e. The lowest BCUT2D eigenvalue weighted by Gasteiger charge is -2.29. The molecule has 3 fully saturated rings. The highest BCUT2D eigenvalue weighted by Crippen LogP contribution is 2.48. The zero-order valence-electron chi connectivity index (χ0n) is 31.4. The van der Waals surface area contributed by atoms with E-state index in [0.717, 1.165) is 11.1 Å². The maximum atomic E-state index is 14.3. The zero-order valence-corrected chi connectivity index (χ0v) is 32.2. The van der Waals surface area contributed by atoms with E-state index >= 15 is 0 Å². The second-order valence-corrected chi connectivity index (χ2v) is 17.7. The lowest BCUT2D eigenvalue weighted by Crippen LogP contribution is -2.57. The Morgan fingerprint density at radius 3 is 2.31 bits per heavy atom. The topological polar surface area (TPSA) is 153 Å². The standard InChI is InChI=1S/C42H46N4O8S/c1-6-29-25-42(29,38(48)45-55(50,51)41(19-20-41)24-27-13-9-7-10-14-27)44-37(47)35-22-31(26-46(35)39(49)54-40(2,3)4)53-36-23-33(28-15-11-8-12-16-28)43-34-21-30(52-5)17-18-32(34)36/h6-18,21,23,29,31,35H,1,19-20,22,24-26H2,2-5H3,(H,44,47)(H,45,48)/t29-,31-,35+,42-/m1/s1. The zero-order chi connectivity index (χ0) is 39.2. The molecule has 4 atom stereocenters. The van der Waals surface area contributed by atoms with E-state index in [4.69, 9.17) is 19.2 Å². The molecule has 2 saturated carbocycles. The van der Waals surface area contributed by atoms with E-state index in [2.05, 4.69) is 16.6 Å².